The van der Waals surface area contributed by atoms with Crippen LogP contribution < -0.4 is 14.9 Å². The van der Waals surface area contributed by atoms with Gasteiger partial charge in [-0.2, -0.15) is 5.10 Å². The number of hydrogen-bond acceptors (Lipinski definition) is 6. The van der Waals surface area contributed by atoms with Crippen molar-refractivity contribution in [2.24, 2.45) is 22.9 Å². The fourth-order valence-corrected chi connectivity index (χ4v) is 3.83. The molecule has 1 unspecified atom stereocenters. The van der Waals surface area contributed by atoms with Gasteiger partial charge in [-0.1, -0.05) is 12.8 Å². The summed E-state index contributed by atoms with van der Waals surface area (Å²) >= 11 is 0. The number of nitro groups is 1. The first kappa shape index (κ1) is 14.9. The Bertz CT molecular complexity index is 721. The average Bonchev–Trinajstić information content (AvgIpc) is 3.13. The topological polar surface area (TPSA) is 103 Å². The molecule has 2 aliphatic carbocycles. The molecule has 1 heterocycles. The van der Waals surface area contributed by atoms with Crippen molar-refractivity contribution in [3.63, 3.8) is 0 Å². The van der Waals surface area contributed by atoms with Crippen molar-refractivity contribution in [3.05, 3.63) is 27.8 Å². The third-order valence-corrected chi connectivity index (χ3v) is 5.06. The van der Waals surface area contributed by atoms with Crippen LogP contribution in [0.25, 0.3) is 0 Å². The van der Waals surface area contributed by atoms with E-state index in [0.717, 1.165) is 12.8 Å². The van der Waals surface area contributed by atoms with Crippen LogP contribution >= 0.6 is 0 Å². The Morgan fingerprint density at radius 3 is 2.58 bits per heavy atom. The lowest BCUT2D eigenvalue weighted by Crippen LogP contribution is -2.20. The molecule has 0 bridgehead atoms. The van der Waals surface area contributed by atoms with Crippen molar-refractivity contribution < 1.29 is 19.2 Å². The van der Waals surface area contributed by atoms with Crippen LogP contribution in [0.15, 0.2) is 17.2 Å². The molecule has 0 saturated heterocycles. The molecule has 0 spiro atoms. The van der Waals surface area contributed by atoms with E-state index in [-0.39, 0.29) is 29.9 Å². The highest BCUT2D eigenvalue weighted by Gasteiger charge is 2.54. The van der Waals surface area contributed by atoms with E-state index < -0.39 is 4.92 Å². The molecule has 8 heteroatoms. The fourth-order valence-electron chi connectivity index (χ4n) is 3.83. The van der Waals surface area contributed by atoms with Crippen molar-refractivity contribution in [3.8, 4) is 11.5 Å². The largest absolute Gasteiger partial charge is 0.454 e. The molecular weight excluding hydrogens is 314 g/mol. The summed E-state index contributed by atoms with van der Waals surface area (Å²) in [7, 11) is 0. The fraction of sp³-hybridized carbons (Fsp3) is 0.500. The van der Waals surface area contributed by atoms with Crippen molar-refractivity contribution in [1.29, 1.82) is 0 Å². The minimum Gasteiger partial charge on any atom is -0.454 e. The second kappa shape index (κ2) is 5.77. The van der Waals surface area contributed by atoms with Gasteiger partial charge in [0.2, 0.25) is 12.7 Å². The van der Waals surface area contributed by atoms with E-state index in [1.165, 1.54) is 31.2 Å². The van der Waals surface area contributed by atoms with Gasteiger partial charge in [0.25, 0.3) is 5.69 Å². The van der Waals surface area contributed by atoms with Gasteiger partial charge < -0.3 is 9.47 Å². The Morgan fingerprint density at radius 1 is 1.25 bits per heavy atom. The van der Waals surface area contributed by atoms with E-state index in [1.807, 2.05) is 0 Å². The minimum atomic E-state index is -0.513. The predicted molar refractivity (Wildman–Crippen MR) is 83.9 cm³/mol. The van der Waals surface area contributed by atoms with Crippen LogP contribution in [-0.4, -0.2) is 23.8 Å². The molecule has 24 heavy (non-hydrogen) atoms. The highest BCUT2D eigenvalue weighted by atomic mass is 16.7. The van der Waals surface area contributed by atoms with Gasteiger partial charge in [-0.25, -0.2) is 5.43 Å². The van der Waals surface area contributed by atoms with E-state index in [9.17, 15) is 14.9 Å². The van der Waals surface area contributed by atoms with Crippen LogP contribution in [0.3, 0.4) is 0 Å². The van der Waals surface area contributed by atoms with E-state index >= 15 is 0 Å². The van der Waals surface area contributed by atoms with Gasteiger partial charge in [-0.05, 0) is 30.7 Å². The van der Waals surface area contributed by atoms with E-state index in [4.69, 9.17) is 9.47 Å². The molecule has 1 N–H and O–H groups in total. The number of carbonyl (C=O) groups excluding carboxylic acids is 1. The van der Waals surface area contributed by atoms with Gasteiger partial charge in [-0.3, -0.25) is 14.9 Å². The number of benzene rings is 1. The Kier molecular flexibility index (Phi) is 3.59. The number of nitrogens with one attached hydrogen (secondary N) is 1. The van der Waals surface area contributed by atoms with Crippen molar-refractivity contribution in [1.82, 2.24) is 5.43 Å². The Balaban J connectivity index is 1.46. The number of carbonyl (C=O) groups is 1. The van der Waals surface area contributed by atoms with Gasteiger partial charge in [-0.15, -0.1) is 0 Å². The standard InChI is InChI=1S/C16H17N3O5/c20-16(15-10-3-1-2-4-11(10)15)18-17-7-9-5-13-14(24-8-23-13)6-12(9)19(21)22/h5-7,10-11,15H,1-4,8H2,(H,18,20)/b17-7-/t10-,11+,15?. The first-order valence-corrected chi connectivity index (χ1v) is 8.06. The number of hydrazone groups is 1. The number of rotatable bonds is 4. The summed E-state index contributed by atoms with van der Waals surface area (Å²) < 4.78 is 10.4. The zero-order valence-corrected chi connectivity index (χ0v) is 12.9. The van der Waals surface area contributed by atoms with Crippen LogP contribution in [-0.2, 0) is 4.79 Å². The highest BCUT2D eigenvalue weighted by Crippen LogP contribution is 2.55. The summed E-state index contributed by atoms with van der Waals surface area (Å²) in [5.74, 6) is 1.72. The number of nitro benzene ring substituents is 1. The van der Waals surface area contributed by atoms with Crippen LogP contribution in [0.1, 0.15) is 31.2 Å². The number of nitrogens with zero attached hydrogens (tertiary/aromatic N) is 2. The predicted octanol–water partition coefficient (Wildman–Crippen LogP) is 2.21. The molecule has 3 atom stereocenters. The second-order valence-corrected chi connectivity index (χ2v) is 6.39. The number of amides is 1. The summed E-state index contributed by atoms with van der Waals surface area (Å²) in [6.07, 6.45) is 5.89. The van der Waals surface area contributed by atoms with Crippen LogP contribution in [0.5, 0.6) is 11.5 Å². The molecule has 126 valence electrons. The van der Waals surface area contributed by atoms with Gasteiger partial charge in [0.15, 0.2) is 11.5 Å². The molecule has 0 aromatic heterocycles. The number of fused-ring (bicyclic) bond motifs is 2. The zero-order valence-electron chi connectivity index (χ0n) is 12.9. The van der Waals surface area contributed by atoms with Crippen LogP contribution in [0.4, 0.5) is 5.69 Å². The Morgan fingerprint density at radius 2 is 1.92 bits per heavy atom. The van der Waals surface area contributed by atoms with Gasteiger partial charge in [0, 0.05) is 5.92 Å². The summed E-state index contributed by atoms with van der Waals surface area (Å²) in [6, 6.07) is 2.80. The molecule has 8 nitrogen and oxygen atoms in total. The Labute approximate surface area is 138 Å². The zero-order chi connectivity index (χ0) is 16.7. The average molecular weight is 331 g/mol. The summed E-state index contributed by atoms with van der Waals surface area (Å²) in [5.41, 5.74) is 2.64. The van der Waals surface area contributed by atoms with E-state index in [1.54, 1.807) is 0 Å². The summed E-state index contributed by atoms with van der Waals surface area (Å²) in [4.78, 5) is 22.8. The third kappa shape index (κ3) is 2.57. The van der Waals surface area contributed by atoms with Crippen LogP contribution in [0.2, 0.25) is 0 Å². The molecule has 2 saturated carbocycles. The molecule has 1 aromatic carbocycles. The third-order valence-electron chi connectivity index (χ3n) is 5.06. The summed E-state index contributed by atoms with van der Waals surface area (Å²) in [5, 5.41) is 15.1. The SMILES string of the molecule is O=C(N/N=C\c1cc2c(cc1[N+](=O)[O-])OCO2)C1[C@H]2CCCC[C@@H]12. The molecule has 2 fully saturated rings. The maximum atomic E-state index is 12.2. The number of ether oxygens (including phenoxy) is 2. The highest BCUT2D eigenvalue weighted by molar-refractivity contribution is 5.89. The van der Waals surface area contributed by atoms with Gasteiger partial charge in [0.05, 0.1) is 22.8 Å². The second-order valence-electron chi connectivity index (χ2n) is 6.39. The van der Waals surface area contributed by atoms with Crippen molar-refractivity contribution in [2.75, 3.05) is 6.79 Å². The minimum absolute atomic E-state index is 0.0360. The summed E-state index contributed by atoms with van der Waals surface area (Å²) in [6.45, 7) is 0.0360. The normalized spacial score (nSPS) is 26.9. The molecule has 3 aliphatic rings. The lowest BCUT2D eigenvalue weighted by atomic mass is 10.0. The lowest BCUT2D eigenvalue weighted by molar-refractivity contribution is -0.385. The molecule has 0 radical (unpaired) electrons. The van der Waals surface area contributed by atoms with Gasteiger partial charge in [0.1, 0.15) is 0 Å². The first-order chi connectivity index (χ1) is 11.6. The maximum Gasteiger partial charge on any atom is 0.282 e. The molecular formula is C16H17N3O5. The van der Waals surface area contributed by atoms with Crippen molar-refractivity contribution in [2.45, 2.75) is 25.7 Å². The van der Waals surface area contributed by atoms with Crippen LogP contribution in [0, 0.1) is 27.9 Å². The molecule has 4 rings (SSSR count). The van der Waals surface area contributed by atoms with Crippen molar-refractivity contribution >= 4 is 17.8 Å². The van der Waals surface area contributed by atoms with E-state index in [2.05, 4.69) is 10.5 Å². The lowest BCUT2D eigenvalue weighted by Gasteiger charge is -2.04. The Hall–Kier alpha value is -2.64. The maximum absolute atomic E-state index is 12.2. The molecule has 1 amide bonds. The first-order valence-electron chi connectivity index (χ1n) is 8.06. The molecule has 1 aliphatic heterocycles. The van der Waals surface area contributed by atoms with E-state index in [0.29, 0.717) is 23.3 Å². The van der Waals surface area contributed by atoms with Gasteiger partial charge >= 0.3 is 0 Å². The monoisotopic (exact) mass is 331 g/mol. The number of hydrogen-bond donors (Lipinski definition) is 1. The molecule has 1 aromatic rings. The quantitative estimate of drug-likeness (QED) is 0.517. The smallest absolute Gasteiger partial charge is 0.282 e.